The minimum atomic E-state index is 0.0972. The van der Waals surface area contributed by atoms with Crippen molar-refractivity contribution in [2.24, 2.45) is 0 Å². The van der Waals surface area contributed by atoms with E-state index in [2.05, 4.69) is 20.5 Å². The number of carbonyl (C=O) groups is 1. The Morgan fingerprint density at radius 3 is 2.69 bits per heavy atom. The molecule has 26 heavy (non-hydrogen) atoms. The van der Waals surface area contributed by atoms with Crippen LogP contribution in [0.15, 0.2) is 24.4 Å². The Kier molecular flexibility index (Phi) is 6.11. The van der Waals surface area contributed by atoms with E-state index in [9.17, 15) is 4.79 Å². The van der Waals surface area contributed by atoms with Crippen molar-refractivity contribution >= 4 is 40.9 Å². The fourth-order valence-electron chi connectivity index (χ4n) is 2.78. The summed E-state index contributed by atoms with van der Waals surface area (Å²) < 4.78 is 0. The molecule has 7 nitrogen and oxygen atoms in total. The van der Waals surface area contributed by atoms with Crippen LogP contribution in [0.4, 0.5) is 11.8 Å². The van der Waals surface area contributed by atoms with E-state index in [4.69, 9.17) is 23.2 Å². The van der Waals surface area contributed by atoms with Gasteiger partial charge in [-0.1, -0.05) is 29.3 Å². The van der Waals surface area contributed by atoms with Crippen molar-refractivity contribution in [2.45, 2.75) is 13.3 Å². The lowest BCUT2D eigenvalue weighted by Gasteiger charge is -2.33. The highest BCUT2D eigenvalue weighted by Gasteiger charge is 2.20. The van der Waals surface area contributed by atoms with Gasteiger partial charge in [0.2, 0.25) is 11.9 Å². The number of benzene rings is 1. The molecule has 1 fully saturated rings. The van der Waals surface area contributed by atoms with Crippen LogP contribution in [-0.4, -0.2) is 58.7 Å². The molecule has 9 heteroatoms. The fourth-order valence-corrected chi connectivity index (χ4v) is 3.29. The number of rotatable bonds is 5. The molecule has 0 unspecified atom stereocenters. The molecule has 0 spiro atoms. The number of nitrogens with one attached hydrogen (secondary N) is 1. The van der Waals surface area contributed by atoms with E-state index in [-0.39, 0.29) is 5.91 Å². The first kappa shape index (κ1) is 18.7. The number of anilines is 2. The molecule has 0 saturated carbocycles. The molecule has 1 amide bonds. The van der Waals surface area contributed by atoms with Gasteiger partial charge in [-0.05, 0) is 24.1 Å². The lowest BCUT2D eigenvalue weighted by Crippen LogP contribution is -2.48. The highest BCUT2D eigenvalue weighted by molar-refractivity contribution is 6.35. The molecule has 3 rings (SSSR count). The van der Waals surface area contributed by atoms with E-state index in [1.807, 2.05) is 21.9 Å². The highest BCUT2D eigenvalue weighted by atomic mass is 35.5. The first-order valence-electron chi connectivity index (χ1n) is 8.41. The van der Waals surface area contributed by atoms with Gasteiger partial charge in [0.25, 0.3) is 0 Å². The molecule has 0 radical (unpaired) electrons. The van der Waals surface area contributed by atoms with Gasteiger partial charge in [0.05, 0.1) is 6.20 Å². The Balaban J connectivity index is 1.55. The fraction of sp³-hybridized carbons (Fsp3) is 0.412. The van der Waals surface area contributed by atoms with Gasteiger partial charge < -0.3 is 15.1 Å². The Morgan fingerprint density at radius 2 is 2.00 bits per heavy atom. The van der Waals surface area contributed by atoms with Crippen LogP contribution in [0, 0.1) is 0 Å². The minimum Gasteiger partial charge on any atom is -0.368 e. The van der Waals surface area contributed by atoms with Crippen LogP contribution >= 0.6 is 23.2 Å². The summed E-state index contributed by atoms with van der Waals surface area (Å²) in [6.07, 6.45) is 2.34. The number of hydrogen-bond acceptors (Lipinski definition) is 6. The summed E-state index contributed by atoms with van der Waals surface area (Å²) >= 11 is 12.1. The normalized spacial score (nSPS) is 14.4. The minimum absolute atomic E-state index is 0.0972. The number of nitrogens with zero attached hydrogens (tertiary/aromatic N) is 5. The number of aromatic nitrogens is 3. The summed E-state index contributed by atoms with van der Waals surface area (Å²) in [7, 11) is 0. The van der Waals surface area contributed by atoms with Crippen molar-refractivity contribution in [3.8, 4) is 0 Å². The zero-order valence-corrected chi connectivity index (χ0v) is 16.0. The Morgan fingerprint density at radius 1 is 1.23 bits per heavy atom. The van der Waals surface area contributed by atoms with Crippen LogP contribution < -0.4 is 10.2 Å². The van der Waals surface area contributed by atoms with Gasteiger partial charge in [0.15, 0.2) is 5.82 Å². The van der Waals surface area contributed by atoms with Crippen LogP contribution in [0.5, 0.6) is 0 Å². The quantitative estimate of drug-likeness (QED) is 0.839. The van der Waals surface area contributed by atoms with Crippen molar-refractivity contribution < 1.29 is 4.79 Å². The van der Waals surface area contributed by atoms with Crippen LogP contribution in [-0.2, 0) is 11.2 Å². The molecule has 2 heterocycles. The average molecular weight is 395 g/mol. The zero-order chi connectivity index (χ0) is 18.5. The Hall–Kier alpha value is -2.12. The Bertz CT molecular complexity index is 780. The zero-order valence-electron chi connectivity index (χ0n) is 14.5. The predicted molar refractivity (Wildman–Crippen MR) is 103 cm³/mol. The molecule has 1 aromatic heterocycles. The van der Waals surface area contributed by atoms with Crippen molar-refractivity contribution in [3.63, 3.8) is 0 Å². The monoisotopic (exact) mass is 394 g/mol. The van der Waals surface area contributed by atoms with Gasteiger partial charge >= 0.3 is 0 Å². The first-order chi connectivity index (χ1) is 12.5. The van der Waals surface area contributed by atoms with Crippen LogP contribution in [0.3, 0.4) is 0 Å². The molecule has 0 aliphatic carbocycles. The van der Waals surface area contributed by atoms with Crippen molar-refractivity contribution in [1.29, 1.82) is 0 Å². The van der Waals surface area contributed by atoms with Gasteiger partial charge in [-0.2, -0.15) is 10.1 Å². The SMILES string of the molecule is CC(=O)N1CCN(c2nncc(NCCc3ccc(Cl)cc3Cl)n2)CC1. The third-order valence-electron chi connectivity index (χ3n) is 4.27. The van der Waals surface area contributed by atoms with E-state index in [0.29, 0.717) is 54.5 Å². The van der Waals surface area contributed by atoms with Crippen molar-refractivity contribution in [2.75, 3.05) is 42.9 Å². The summed E-state index contributed by atoms with van der Waals surface area (Å²) in [5.41, 5.74) is 1.02. The number of hydrogen-bond donors (Lipinski definition) is 1. The summed E-state index contributed by atoms with van der Waals surface area (Å²) in [6.45, 7) is 5.00. The Labute approximate surface area is 162 Å². The topological polar surface area (TPSA) is 74.2 Å². The van der Waals surface area contributed by atoms with Gasteiger partial charge in [0, 0.05) is 49.7 Å². The standard InChI is InChI=1S/C17H20Cl2N6O/c1-12(26)24-6-8-25(9-7-24)17-22-16(11-21-23-17)20-5-4-13-2-3-14(18)10-15(13)19/h2-3,10-11H,4-9H2,1H3,(H,20,22,23). The number of piperazine rings is 1. The van der Waals surface area contributed by atoms with Crippen LogP contribution in [0.1, 0.15) is 12.5 Å². The molecule has 138 valence electrons. The highest BCUT2D eigenvalue weighted by Crippen LogP contribution is 2.21. The smallest absolute Gasteiger partial charge is 0.247 e. The van der Waals surface area contributed by atoms with E-state index >= 15 is 0 Å². The second-order valence-corrected chi connectivity index (χ2v) is 6.89. The summed E-state index contributed by atoms with van der Waals surface area (Å²) in [5.74, 6) is 1.33. The second kappa shape index (κ2) is 8.51. The number of carbonyl (C=O) groups excluding carboxylic acids is 1. The van der Waals surface area contributed by atoms with Gasteiger partial charge in [0.1, 0.15) is 0 Å². The van der Waals surface area contributed by atoms with Crippen LogP contribution in [0.25, 0.3) is 0 Å². The second-order valence-electron chi connectivity index (χ2n) is 6.05. The molecule has 1 aliphatic heterocycles. The summed E-state index contributed by atoms with van der Waals surface area (Å²) in [6, 6.07) is 5.49. The molecular weight excluding hydrogens is 375 g/mol. The molecule has 1 aromatic carbocycles. The lowest BCUT2D eigenvalue weighted by atomic mass is 10.1. The molecule has 1 N–H and O–H groups in total. The van der Waals surface area contributed by atoms with Crippen molar-refractivity contribution in [3.05, 3.63) is 40.0 Å². The van der Waals surface area contributed by atoms with E-state index < -0.39 is 0 Å². The largest absolute Gasteiger partial charge is 0.368 e. The van der Waals surface area contributed by atoms with Gasteiger partial charge in [-0.3, -0.25) is 4.79 Å². The van der Waals surface area contributed by atoms with E-state index in [1.54, 1.807) is 19.2 Å². The maximum Gasteiger partial charge on any atom is 0.247 e. The molecule has 0 bridgehead atoms. The number of halogens is 2. The molecule has 1 saturated heterocycles. The summed E-state index contributed by atoms with van der Waals surface area (Å²) in [5, 5.41) is 12.7. The van der Waals surface area contributed by atoms with Crippen molar-refractivity contribution in [1.82, 2.24) is 20.1 Å². The predicted octanol–water partition coefficient (Wildman–Crippen LogP) is 2.50. The van der Waals surface area contributed by atoms with Gasteiger partial charge in [-0.25, -0.2) is 0 Å². The average Bonchev–Trinajstić information content (AvgIpc) is 2.64. The molecule has 2 aromatic rings. The van der Waals surface area contributed by atoms with Crippen LogP contribution in [0.2, 0.25) is 10.0 Å². The maximum absolute atomic E-state index is 11.4. The maximum atomic E-state index is 11.4. The number of amides is 1. The van der Waals surface area contributed by atoms with Gasteiger partial charge in [-0.15, -0.1) is 5.10 Å². The molecule has 0 atom stereocenters. The lowest BCUT2D eigenvalue weighted by molar-refractivity contribution is -0.129. The van der Waals surface area contributed by atoms with E-state index in [1.165, 1.54) is 0 Å². The molecule has 1 aliphatic rings. The van der Waals surface area contributed by atoms with E-state index in [0.717, 1.165) is 12.0 Å². The first-order valence-corrected chi connectivity index (χ1v) is 9.16. The molecular formula is C17H20Cl2N6O. The summed E-state index contributed by atoms with van der Waals surface area (Å²) in [4.78, 5) is 19.8. The third kappa shape index (κ3) is 4.74. The third-order valence-corrected chi connectivity index (χ3v) is 4.86.